The third-order valence-electron chi connectivity index (χ3n) is 3.06. The first-order valence-corrected chi connectivity index (χ1v) is 9.02. The second-order valence-corrected chi connectivity index (χ2v) is 6.87. The van der Waals surface area contributed by atoms with Gasteiger partial charge in [0.05, 0.1) is 6.26 Å². The fraction of sp³-hybridized carbons (Fsp3) is 0.188. The highest BCUT2D eigenvalue weighted by molar-refractivity contribution is 7.92. The van der Waals surface area contributed by atoms with Crippen molar-refractivity contribution >= 4 is 21.6 Å². The van der Waals surface area contributed by atoms with E-state index in [-0.39, 0.29) is 23.5 Å². The van der Waals surface area contributed by atoms with Gasteiger partial charge in [-0.2, -0.15) is 8.78 Å². The molecule has 0 aliphatic heterocycles. The van der Waals surface area contributed by atoms with Gasteiger partial charge in [0.25, 0.3) is 5.91 Å². The van der Waals surface area contributed by atoms with Gasteiger partial charge in [-0.25, -0.2) is 8.42 Å². The molecule has 0 aliphatic rings. The lowest BCUT2D eigenvalue weighted by Crippen LogP contribution is -2.23. The Bertz CT molecular complexity index is 857. The Morgan fingerprint density at radius 1 is 1.16 bits per heavy atom. The molecule has 0 saturated heterocycles. The van der Waals surface area contributed by atoms with Gasteiger partial charge in [-0.15, -0.1) is 0 Å². The van der Waals surface area contributed by atoms with E-state index in [0.717, 1.165) is 6.26 Å². The molecular weight excluding hydrogens is 354 g/mol. The van der Waals surface area contributed by atoms with Crippen LogP contribution in [0.15, 0.2) is 48.5 Å². The number of rotatable bonds is 7. The van der Waals surface area contributed by atoms with Crippen LogP contribution in [0.25, 0.3) is 0 Å². The molecule has 25 heavy (non-hydrogen) atoms. The van der Waals surface area contributed by atoms with Crippen LogP contribution in [0.3, 0.4) is 0 Å². The molecule has 0 aromatic heterocycles. The van der Waals surface area contributed by atoms with E-state index in [0.29, 0.717) is 5.56 Å². The van der Waals surface area contributed by atoms with Crippen LogP contribution < -0.4 is 14.8 Å². The van der Waals surface area contributed by atoms with Gasteiger partial charge in [0, 0.05) is 23.4 Å². The molecule has 0 aliphatic carbocycles. The first-order chi connectivity index (χ1) is 11.7. The summed E-state index contributed by atoms with van der Waals surface area (Å²) in [7, 11) is -3.46. The summed E-state index contributed by atoms with van der Waals surface area (Å²) in [6.45, 7) is -2.98. The first-order valence-electron chi connectivity index (χ1n) is 7.13. The lowest BCUT2D eigenvalue weighted by Gasteiger charge is -2.12. The minimum Gasteiger partial charge on any atom is -0.434 e. The summed E-state index contributed by atoms with van der Waals surface area (Å²) in [5.74, 6) is -0.505. The van der Waals surface area contributed by atoms with E-state index >= 15 is 0 Å². The number of sulfonamides is 1. The van der Waals surface area contributed by atoms with E-state index in [2.05, 4.69) is 14.8 Å². The fourth-order valence-electron chi connectivity index (χ4n) is 2.08. The Morgan fingerprint density at radius 2 is 1.88 bits per heavy atom. The maximum absolute atomic E-state index is 12.4. The molecule has 0 radical (unpaired) electrons. The molecule has 9 heteroatoms. The van der Waals surface area contributed by atoms with E-state index in [1.54, 1.807) is 18.2 Å². The van der Waals surface area contributed by atoms with Gasteiger partial charge in [0.2, 0.25) is 10.0 Å². The van der Waals surface area contributed by atoms with E-state index < -0.39 is 22.5 Å². The standard InChI is InChI=1S/C16H16F2N2O4S/c1-25(22,23)20-13-7-4-6-11(9-13)15(21)19-10-12-5-2-3-8-14(12)24-16(17)18/h2-9,16,20H,10H2,1H3,(H,19,21). The summed E-state index contributed by atoms with van der Waals surface area (Å²) in [5.41, 5.74) is 0.860. The first kappa shape index (κ1) is 18.7. The van der Waals surface area contributed by atoms with Crippen molar-refractivity contribution in [3.05, 3.63) is 59.7 Å². The number of hydrogen-bond acceptors (Lipinski definition) is 4. The zero-order chi connectivity index (χ0) is 18.4. The molecule has 0 saturated carbocycles. The molecule has 0 fully saturated rings. The Balaban J connectivity index is 2.07. The predicted molar refractivity (Wildman–Crippen MR) is 89.2 cm³/mol. The molecule has 0 spiro atoms. The van der Waals surface area contributed by atoms with Gasteiger partial charge in [-0.05, 0) is 24.3 Å². The summed E-state index contributed by atoms with van der Waals surface area (Å²) in [5, 5.41) is 2.58. The van der Waals surface area contributed by atoms with Crippen LogP contribution in [0.2, 0.25) is 0 Å². The number of carbonyl (C=O) groups excluding carboxylic acids is 1. The molecule has 2 rings (SSSR count). The second-order valence-electron chi connectivity index (χ2n) is 5.12. The molecule has 0 bridgehead atoms. The molecule has 2 aromatic carbocycles. The minimum atomic E-state index is -3.46. The SMILES string of the molecule is CS(=O)(=O)Nc1cccc(C(=O)NCc2ccccc2OC(F)F)c1. The normalized spacial score (nSPS) is 11.2. The van der Waals surface area contributed by atoms with Crippen LogP contribution in [0.4, 0.5) is 14.5 Å². The van der Waals surface area contributed by atoms with Crippen LogP contribution in [0.1, 0.15) is 15.9 Å². The monoisotopic (exact) mass is 370 g/mol. The zero-order valence-corrected chi connectivity index (χ0v) is 14.0. The molecule has 6 nitrogen and oxygen atoms in total. The average molecular weight is 370 g/mol. The van der Waals surface area contributed by atoms with Crippen molar-refractivity contribution < 1.29 is 26.7 Å². The third-order valence-corrected chi connectivity index (χ3v) is 3.66. The highest BCUT2D eigenvalue weighted by Gasteiger charge is 2.12. The summed E-state index contributed by atoms with van der Waals surface area (Å²) in [6, 6.07) is 12.0. The molecule has 2 N–H and O–H groups in total. The van der Waals surface area contributed by atoms with Crippen molar-refractivity contribution in [1.29, 1.82) is 0 Å². The summed E-state index contributed by atoms with van der Waals surface area (Å²) < 4.78 is 53.9. The number of hydrogen-bond donors (Lipinski definition) is 2. The van der Waals surface area contributed by atoms with Crippen molar-refractivity contribution in [2.75, 3.05) is 11.0 Å². The zero-order valence-electron chi connectivity index (χ0n) is 13.2. The van der Waals surface area contributed by atoms with Crippen LogP contribution in [-0.2, 0) is 16.6 Å². The van der Waals surface area contributed by atoms with Crippen molar-refractivity contribution in [1.82, 2.24) is 5.32 Å². The van der Waals surface area contributed by atoms with Crippen molar-refractivity contribution in [3.63, 3.8) is 0 Å². The number of benzene rings is 2. The number of anilines is 1. The van der Waals surface area contributed by atoms with Gasteiger partial charge in [0.15, 0.2) is 0 Å². The van der Waals surface area contributed by atoms with E-state index in [4.69, 9.17) is 0 Å². The Kier molecular flexibility index (Phi) is 5.92. The molecule has 0 atom stereocenters. The molecule has 2 aromatic rings. The van der Waals surface area contributed by atoms with E-state index in [1.165, 1.54) is 30.3 Å². The van der Waals surface area contributed by atoms with Crippen LogP contribution in [0.5, 0.6) is 5.75 Å². The Hall–Kier alpha value is -2.68. The third kappa shape index (κ3) is 6.03. The number of alkyl halides is 2. The van der Waals surface area contributed by atoms with Gasteiger partial charge >= 0.3 is 6.61 Å². The largest absolute Gasteiger partial charge is 0.434 e. The summed E-state index contributed by atoms with van der Waals surface area (Å²) in [4.78, 5) is 12.2. The second kappa shape index (κ2) is 7.93. The number of para-hydroxylation sites is 1. The van der Waals surface area contributed by atoms with Gasteiger partial charge in [-0.3, -0.25) is 9.52 Å². The van der Waals surface area contributed by atoms with Crippen molar-refractivity contribution in [3.8, 4) is 5.75 Å². The summed E-state index contributed by atoms with van der Waals surface area (Å²) in [6.07, 6.45) is 1.000. The molecular formula is C16H16F2N2O4S. The summed E-state index contributed by atoms with van der Waals surface area (Å²) >= 11 is 0. The van der Waals surface area contributed by atoms with Gasteiger partial charge in [0.1, 0.15) is 5.75 Å². The maximum Gasteiger partial charge on any atom is 0.387 e. The van der Waals surface area contributed by atoms with Crippen molar-refractivity contribution in [2.24, 2.45) is 0 Å². The number of carbonyl (C=O) groups is 1. The molecule has 0 unspecified atom stereocenters. The smallest absolute Gasteiger partial charge is 0.387 e. The molecule has 0 heterocycles. The van der Waals surface area contributed by atoms with E-state index in [1.807, 2.05) is 0 Å². The van der Waals surface area contributed by atoms with Crippen LogP contribution in [-0.4, -0.2) is 27.2 Å². The number of amides is 1. The average Bonchev–Trinajstić information content (AvgIpc) is 2.52. The van der Waals surface area contributed by atoms with Gasteiger partial charge < -0.3 is 10.1 Å². The minimum absolute atomic E-state index is 0.0224. The fourth-order valence-corrected chi connectivity index (χ4v) is 2.63. The maximum atomic E-state index is 12.4. The topological polar surface area (TPSA) is 84.5 Å². The van der Waals surface area contributed by atoms with E-state index in [9.17, 15) is 22.0 Å². The highest BCUT2D eigenvalue weighted by atomic mass is 32.2. The molecule has 134 valence electrons. The molecule has 1 amide bonds. The number of halogens is 2. The number of nitrogens with one attached hydrogen (secondary N) is 2. The Morgan fingerprint density at radius 3 is 2.56 bits per heavy atom. The number of ether oxygens (including phenoxy) is 1. The van der Waals surface area contributed by atoms with Crippen LogP contribution in [0, 0.1) is 0 Å². The van der Waals surface area contributed by atoms with Gasteiger partial charge in [-0.1, -0.05) is 24.3 Å². The lowest BCUT2D eigenvalue weighted by atomic mass is 10.1. The Labute approximate surface area is 143 Å². The lowest BCUT2D eigenvalue weighted by molar-refractivity contribution is -0.0504. The van der Waals surface area contributed by atoms with Crippen molar-refractivity contribution in [2.45, 2.75) is 13.2 Å². The quantitative estimate of drug-likeness (QED) is 0.785. The van der Waals surface area contributed by atoms with Crippen LogP contribution >= 0.6 is 0 Å². The predicted octanol–water partition coefficient (Wildman–Crippen LogP) is 2.59. The highest BCUT2D eigenvalue weighted by Crippen LogP contribution is 2.20.